The van der Waals surface area contributed by atoms with E-state index in [-0.39, 0.29) is 0 Å². The molecule has 1 N–H and O–H groups in total. The summed E-state index contributed by atoms with van der Waals surface area (Å²) >= 11 is 0. The van der Waals surface area contributed by atoms with Crippen LogP contribution in [0.5, 0.6) is 5.75 Å². The molecule has 0 spiro atoms. The van der Waals surface area contributed by atoms with E-state index in [0.717, 1.165) is 30.3 Å². The van der Waals surface area contributed by atoms with Gasteiger partial charge in [-0.15, -0.1) is 0 Å². The fourth-order valence-corrected chi connectivity index (χ4v) is 2.13. The van der Waals surface area contributed by atoms with Crippen molar-refractivity contribution in [3.63, 3.8) is 0 Å². The third kappa shape index (κ3) is 3.75. The van der Waals surface area contributed by atoms with Crippen molar-refractivity contribution in [2.24, 2.45) is 5.92 Å². The molecule has 0 bridgehead atoms. The molecule has 0 aliphatic heterocycles. The number of hydrogen-bond acceptors (Lipinski definition) is 3. The number of nitriles is 1. The maximum absolute atomic E-state index is 8.89. The predicted octanol–water partition coefficient (Wildman–Crippen LogP) is 2.85. The van der Waals surface area contributed by atoms with Gasteiger partial charge in [0, 0.05) is 12.1 Å². The number of methoxy groups -OCH3 is 1. The van der Waals surface area contributed by atoms with Gasteiger partial charge in [-0.2, -0.15) is 5.26 Å². The van der Waals surface area contributed by atoms with Crippen molar-refractivity contribution < 1.29 is 4.74 Å². The van der Waals surface area contributed by atoms with Crippen molar-refractivity contribution in [3.8, 4) is 11.8 Å². The second kappa shape index (κ2) is 6.42. The Balaban J connectivity index is 1.80. The summed E-state index contributed by atoms with van der Waals surface area (Å²) in [7, 11) is 1.66. The lowest BCUT2D eigenvalue weighted by Crippen LogP contribution is -2.15. The summed E-state index contributed by atoms with van der Waals surface area (Å²) in [5, 5.41) is 12.3. The van der Waals surface area contributed by atoms with Crippen LogP contribution < -0.4 is 10.1 Å². The molecule has 18 heavy (non-hydrogen) atoms. The number of nitrogens with one attached hydrogen (secondary N) is 1. The Kier molecular flexibility index (Phi) is 4.60. The van der Waals surface area contributed by atoms with E-state index in [1.54, 1.807) is 13.2 Å². The molecule has 3 nitrogen and oxygen atoms in total. The smallest absolute Gasteiger partial charge is 0.123 e. The number of hydrogen-bond donors (Lipinski definition) is 1. The minimum atomic E-state index is 0.686. The van der Waals surface area contributed by atoms with Gasteiger partial charge in [0.2, 0.25) is 0 Å². The summed E-state index contributed by atoms with van der Waals surface area (Å²) in [6.45, 7) is 1.81. The first kappa shape index (κ1) is 12.9. The lowest BCUT2D eigenvalue weighted by molar-refractivity contribution is 0.407. The monoisotopic (exact) mass is 244 g/mol. The van der Waals surface area contributed by atoms with Crippen molar-refractivity contribution in [1.82, 2.24) is 5.32 Å². The van der Waals surface area contributed by atoms with Crippen LogP contribution in [0, 0.1) is 17.2 Å². The molecule has 3 heteroatoms. The second-order valence-electron chi connectivity index (χ2n) is 4.90. The second-order valence-corrected chi connectivity index (χ2v) is 4.90. The summed E-state index contributed by atoms with van der Waals surface area (Å²) in [5.41, 5.74) is 1.74. The van der Waals surface area contributed by atoms with Crippen LogP contribution >= 0.6 is 0 Å². The van der Waals surface area contributed by atoms with E-state index in [1.807, 2.05) is 12.1 Å². The van der Waals surface area contributed by atoms with Gasteiger partial charge in [-0.3, -0.25) is 0 Å². The Labute approximate surface area is 109 Å². The van der Waals surface area contributed by atoms with Gasteiger partial charge >= 0.3 is 0 Å². The van der Waals surface area contributed by atoms with Gasteiger partial charge in [0.15, 0.2) is 0 Å². The molecule has 0 unspecified atom stereocenters. The summed E-state index contributed by atoms with van der Waals surface area (Å²) < 4.78 is 5.30. The van der Waals surface area contributed by atoms with E-state index in [9.17, 15) is 0 Å². The van der Waals surface area contributed by atoms with Crippen LogP contribution in [0.1, 0.15) is 36.8 Å². The van der Waals surface area contributed by atoms with E-state index >= 15 is 0 Å². The van der Waals surface area contributed by atoms with Gasteiger partial charge in [-0.1, -0.05) is 12.8 Å². The Hall–Kier alpha value is -1.53. The van der Waals surface area contributed by atoms with Crippen LogP contribution in [-0.2, 0) is 6.54 Å². The molecule has 1 aromatic carbocycles. The third-order valence-corrected chi connectivity index (χ3v) is 3.39. The molecule has 0 radical (unpaired) electrons. The minimum absolute atomic E-state index is 0.686. The van der Waals surface area contributed by atoms with Gasteiger partial charge in [-0.05, 0) is 43.5 Å². The minimum Gasteiger partial charge on any atom is -0.496 e. The summed E-state index contributed by atoms with van der Waals surface area (Å²) in [6, 6.07) is 7.70. The first-order chi connectivity index (χ1) is 8.83. The van der Waals surface area contributed by atoms with E-state index in [0.29, 0.717) is 5.56 Å². The topological polar surface area (TPSA) is 45.0 Å². The average molecular weight is 244 g/mol. The number of nitrogens with zero attached hydrogens (tertiary/aromatic N) is 1. The van der Waals surface area contributed by atoms with Gasteiger partial charge in [0.25, 0.3) is 0 Å². The Morgan fingerprint density at radius 1 is 1.44 bits per heavy atom. The highest BCUT2D eigenvalue weighted by atomic mass is 16.5. The van der Waals surface area contributed by atoms with Gasteiger partial charge in [-0.25, -0.2) is 0 Å². The van der Waals surface area contributed by atoms with E-state index in [1.165, 1.54) is 25.7 Å². The molecule has 0 amide bonds. The molecule has 0 heterocycles. The largest absolute Gasteiger partial charge is 0.496 e. The van der Waals surface area contributed by atoms with E-state index in [4.69, 9.17) is 10.00 Å². The van der Waals surface area contributed by atoms with E-state index < -0.39 is 0 Å². The molecule has 0 aromatic heterocycles. The van der Waals surface area contributed by atoms with Crippen LogP contribution in [0.2, 0.25) is 0 Å². The highest BCUT2D eigenvalue weighted by molar-refractivity contribution is 5.41. The Bertz CT molecular complexity index is 433. The zero-order valence-electron chi connectivity index (χ0n) is 10.9. The molecule has 1 fully saturated rings. The average Bonchev–Trinajstić information content (AvgIpc) is 3.22. The van der Waals surface area contributed by atoms with Crippen molar-refractivity contribution in [2.45, 2.75) is 32.2 Å². The Morgan fingerprint density at radius 2 is 2.28 bits per heavy atom. The SMILES string of the molecule is COc1ccc(C#N)cc1CNCCCC1CC1. The van der Waals surface area contributed by atoms with Crippen LogP contribution in [0.4, 0.5) is 0 Å². The van der Waals surface area contributed by atoms with Crippen molar-refractivity contribution in [2.75, 3.05) is 13.7 Å². The number of ether oxygens (including phenoxy) is 1. The standard InChI is InChI=1S/C15H20N2O/c1-18-15-7-6-13(10-16)9-14(15)11-17-8-2-3-12-4-5-12/h6-7,9,12,17H,2-5,8,11H2,1H3. The molecule has 1 aliphatic rings. The van der Waals surface area contributed by atoms with Crippen LogP contribution in [0.3, 0.4) is 0 Å². The van der Waals surface area contributed by atoms with Crippen LogP contribution in [0.25, 0.3) is 0 Å². The lowest BCUT2D eigenvalue weighted by atomic mass is 10.1. The third-order valence-electron chi connectivity index (χ3n) is 3.39. The van der Waals surface area contributed by atoms with Crippen molar-refractivity contribution in [3.05, 3.63) is 29.3 Å². The zero-order chi connectivity index (χ0) is 12.8. The predicted molar refractivity (Wildman–Crippen MR) is 71.4 cm³/mol. The quantitative estimate of drug-likeness (QED) is 0.750. The summed E-state index contributed by atoms with van der Waals surface area (Å²) in [6.07, 6.45) is 5.45. The molecular formula is C15H20N2O. The molecular weight excluding hydrogens is 224 g/mol. The van der Waals surface area contributed by atoms with E-state index in [2.05, 4.69) is 11.4 Å². The molecule has 1 aromatic rings. The maximum atomic E-state index is 8.89. The molecule has 2 rings (SSSR count). The summed E-state index contributed by atoms with van der Waals surface area (Å²) in [4.78, 5) is 0. The van der Waals surface area contributed by atoms with Gasteiger partial charge in [0.1, 0.15) is 5.75 Å². The van der Waals surface area contributed by atoms with Crippen molar-refractivity contribution in [1.29, 1.82) is 5.26 Å². The normalized spacial score (nSPS) is 14.2. The maximum Gasteiger partial charge on any atom is 0.123 e. The van der Waals surface area contributed by atoms with Crippen LogP contribution in [0.15, 0.2) is 18.2 Å². The number of rotatable bonds is 7. The Morgan fingerprint density at radius 3 is 2.94 bits per heavy atom. The van der Waals surface area contributed by atoms with Crippen molar-refractivity contribution >= 4 is 0 Å². The fourth-order valence-electron chi connectivity index (χ4n) is 2.13. The molecule has 96 valence electrons. The summed E-state index contributed by atoms with van der Waals surface area (Å²) in [5.74, 6) is 1.85. The van der Waals surface area contributed by atoms with Crippen LogP contribution in [-0.4, -0.2) is 13.7 Å². The highest BCUT2D eigenvalue weighted by Crippen LogP contribution is 2.33. The van der Waals surface area contributed by atoms with Gasteiger partial charge in [0.05, 0.1) is 18.7 Å². The molecule has 1 saturated carbocycles. The highest BCUT2D eigenvalue weighted by Gasteiger charge is 2.19. The lowest BCUT2D eigenvalue weighted by Gasteiger charge is -2.10. The first-order valence-corrected chi connectivity index (χ1v) is 6.61. The molecule has 0 saturated heterocycles. The van der Waals surface area contributed by atoms with Gasteiger partial charge < -0.3 is 10.1 Å². The zero-order valence-corrected chi connectivity index (χ0v) is 10.9. The fraction of sp³-hybridized carbons (Fsp3) is 0.533. The molecule has 0 atom stereocenters. The molecule has 1 aliphatic carbocycles. The number of benzene rings is 1. The first-order valence-electron chi connectivity index (χ1n) is 6.61.